The molecular weight excluding hydrogens is 1300 g/mol. The van der Waals surface area contributed by atoms with Crippen molar-refractivity contribution in [1.29, 1.82) is 0 Å². The van der Waals surface area contributed by atoms with Gasteiger partial charge in [-0.2, -0.15) is 0 Å². The summed E-state index contributed by atoms with van der Waals surface area (Å²) in [6, 6.07) is 44.0. The number of anilines is 3. The number of non-ortho nitro benzene ring substituents is 2. The molecule has 2 N–H and O–H groups in total. The van der Waals surface area contributed by atoms with Crippen LogP contribution >= 0.6 is 31.9 Å². The first-order chi connectivity index (χ1) is 44.4. The molecule has 0 radical (unpaired) electrons. The van der Waals surface area contributed by atoms with Gasteiger partial charge in [-0.05, 0) is 116 Å². The van der Waals surface area contributed by atoms with Crippen LogP contribution in [0.2, 0.25) is 0 Å². The first kappa shape index (κ1) is 72.0. The van der Waals surface area contributed by atoms with Crippen LogP contribution in [-0.2, 0) is 19.2 Å². The number of nitrogens with zero attached hydrogens (tertiary/aromatic N) is 7. The number of hydrogen-bond acceptors (Lipinski definition) is 10. The van der Waals surface area contributed by atoms with Gasteiger partial charge in [0, 0.05) is 83.5 Å². The predicted octanol–water partition coefficient (Wildman–Crippen LogP) is 18.6. The number of nitro groups is 2. The van der Waals surface area contributed by atoms with Crippen molar-refractivity contribution in [2.75, 3.05) is 43.9 Å². The zero-order chi connectivity index (χ0) is 66.0. The van der Waals surface area contributed by atoms with Gasteiger partial charge in [-0.25, -0.2) is 0 Å². The Hall–Kier alpha value is -8.48. The van der Waals surface area contributed by atoms with Crippen LogP contribution in [0.1, 0.15) is 166 Å². The molecule has 10 rings (SSSR count). The van der Waals surface area contributed by atoms with E-state index in [1.807, 2.05) is 136 Å². The number of unbranched alkanes of at least 4 members (excludes halogenated alkanes) is 12. The Morgan fingerprint density at radius 2 is 0.634 bits per heavy atom. The van der Waals surface area contributed by atoms with E-state index in [4.69, 9.17) is 5.73 Å². The first-order valence-corrected chi connectivity index (χ1v) is 34.0. The van der Waals surface area contributed by atoms with E-state index >= 15 is 0 Å². The van der Waals surface area contributed by atoms with Gasteiger partial charge < -0.3 is 30.2 Å². The van der Waals surface area contributed by atoms with Crippen molar-refractivity contribution in [2.45, 2.75) is 145 Å². The van der Waals surface area contributed by atoms with E-state index in [9.17, 15) is 39.4 Å². The van der Waals surface area contributed by atoms with Gasteiger partial charge in [0.05, 0.1) is 54.9 Å². The molecule has 6 aromatic carbocycles. The quantitative estimate of drug-likeness (QED) is 0.0213. The van der Waals surface area contributed by atoms with Crippen LogP contribution in [0.3, 0.4) is 0 Å². The molecule has 93 heavy (non-hydrogen) atoms. The maximum atomic E-state index is 14.4. The number of fused-ring (bicyclic) bond motifs is 2. The van der Waals surface area contributed by atoms with Crippen LogP contribution in [0, 0.1) is 27.2 Å². The van der Waals surface area contributed by atoms with Crippen molar-refractivity contribution >= 4 is 107 Å². The molecule has 0 atom stereocenters. The van der Waals surface area contributed by atoms with Crippen molar-refractivity contribution in [1.82, 2.24) is 19.6 Å². The lowest BCUT2D eigenvalue weighted by Crippen LogP contribution is -2.31. The van der Waals surface area contributed by atoms with E-state index < -0.39 is 9.85 Å². The van der Waals surface area contributed by atoms with Gasteiger partial charge in [-0.1, -0.05) is 210 Å². The molecule has 0 saturated carbocycles. The van der Waals surface area contributed by atoms with Crippen molar-refractivity contribution in [3.63, 3.8) is 0 Å². The molecule has 490 valence electrons. The van der Waals surface area contributed by atoms with Crippen molar-refractivity contribution < 1.29 is 29.0 Å². The second kappa shape index (κ2) is 34.4. The third kappa shape index (κ3) is 17.2. The maximum Gasteiger partial charge on any atom is 0.269 e. The maximum absolute atomic E-state index is 14.4. The van der Waals surface area contributed by atoms with Gasteiger partial charge in [0.1, 0.15) is 0 Å². The first-order valence-electron chi connectivity index (χ1n) is 32.4. The third-order valence-corrected chi connectivity index (χ3v) is 18.0. The van der Waals surface area contributed by atoms with E-state index in [0.29, 0.717) is 59.9 Å². The molecule has 16 nitrogen and oxygen atoms in total. The number of carbonyl (C=O) groups is 4. The van der Waals surface area contributed by atoms with Crippen LogP contribution < -0.4 is 10.6 Å². The fourth-order valence-electron chi connectivity index (χ4n) is 11.9. The topological polar surface area (TPSA) is 197 Å². The number of benzene rings is 6. The normalized spacial score (nSPS) is 14.2. The summed E-state index contributed by atoms with van der Waals surface area (Å²) >= 11 is 7.04. The largest absolute Gasteiger partial charge is 0.399 e. The van der Waals surface area contributed by atoms with Gasteiger partial charge in [0.2, 0.25) is 0 Å². The lowest BCUT2D eigenvalue weighted by Gasteiger charge is -2.26. The van der Waals surface area contributed by atoms with E-state index in [-0.39, 0.29) is 42.4 Å². The second-order valence-electron chi connectivity index (χ2n) is 23.6. The van der Waals surface area contributed by atoms with Gasteiger partial charge in [-0.15, -0.1) is 0 Å². The molecule has 0 fully saturated rings. The zero-order valence-electron chi connectivity index (χ0n) is 53.7. The lowest BCUT2D eigenvalue weighted by molar-refractivity contribution is -0.385. The number of nitrogens with two attached hydrogens (primary N) is 1. The van der Waals surface area contributed by atoms with E-state index in [1.165, 1.54) is 36.4 Å². The summed E-state index contributed by atoms with van der Waals surface area (Å²) in [6.07, 6.45) is 16.7. The summed E-state index contributed by atoms with van der Waals surface area (Å²) in [5.74, 6) is -0.314. The van der Waals surface area contributed by atoms with Crippen molar-refractivity contribution in [2.24, 2.45) is 0 Å². The Balaban J connectivity index is 0.000000231. The van der Waals surface area contributed by atoms with Crippen molar-refractivity contribution in [3.8, 4) is 0 Å². The smallest absolute Gasteiger partial charge is 0.269 e. The Morgan fingerprint density at radius 3 is 0.903 bits per heavy atom. The highest BCUT2D eigenvalue weighted by molar-refractivity contribution is 9.10. The molecule has 4 heterocycles. The summed E-state index contributed by atoms with van der Waals surface area (Å²) in [6.45, 7) is 13.1. The van der Waals surface area contributed by atoms with E-state index in [2.05, 4.69) is 59.6 Å². The highest BCUT2D eigenvalue weighted by Gasteiger charge is 2.50. The van der Waals surface area contributed by atoms with Crippen molar-refractivity contribution in [3.05, 3.63) is 225 Å². The minimum absolute atomic E-state index is 0. The number of carbonyl (C=O) groups excluding carboxylic acids is 4. The van der Waals surface area contributed by atoms with E-state index in [0.717, 1.165) is 168 Å². The summed E-state index contributed by atoms with van der Waals surface area (Å²) < 4.78 is 1.94. The van der Waals surface area contributed by atoms with Crippen LogP contribution in [0.15, 0.2) is 177 Å². The summed E-state index contributed by atoms with van der Waals surface area (Å²) in [5.41, 5.74) is 17.4. The van der Waals surface area contributed by atoms with Gasteiger partial charge in [0.15, 0.2) is 0 Å². The van der Waals surface area contributed by atoms with Crippen LogP contribution in [0.5, 0.6) is 0 Å². The zero-order valence-corrected chi connectivity index (χ0v) is 56.9. The minimum Gasteiger partial charge on any atom is -0.399 e. The Morgan fingerprint density at radius 1 is 0.387 bits per heavy atom. The minimum atomic E-state index is -0.459. The average Bonchev–Trinajstić information content (AvgIpc) is 1.57. The molecule has 4 aliphatic rings. The molecule has 0 aromatic heterocycles. The number of nitro benzene ring substituents is 2. The number of hydrogen-bond donors (Lipinski definition) is 1. The molecular formula is C75H88Br2N8O8. The Bertz CT molecular complexity index is 3640. The molecule has 4 amide bonds. The number of nitrogen functional groups attached to an aromatic ring is 1. The SMILES string of the molecule is C.CCCCCCN1C(=O)C2=C(c3ccc(Br)cc3)N(CCCCCC)C(=O)C2=C1c1ccc(Br)cc1.CCCCCCN1C(=O)C2=C(c3ccc(N(C)c4ccc([N+](=O)[O-])cc4)cc3)N(CCCCCC)C(=O)C2=C1c1ccc(C)cc1.Nc1ccc([N+](=O)[O-])cc1. The Labute approximate surface area is 565 Å². The number of aryl methyl sites for hydroxylation is 1. The lowest BCUT2D eigenvalue weighted by atomic mass is 10.0. The molecule has 18 heteroatoms. The van der Waals surface area contributed by atoms with Gasteiger partial charge >= 0.3 is 0 Å². The highest BCUT2D eigenvalue weighted by atomic mass is 79.9. The molecule has 6 aromatic rings. The van der Waals surface area contributed by atoms with Gasteiger partial charge in [-0.3, -0.25) is 39.4 Å². The van der Waals surface area contributed by atoms with Crippen LogP contribution in [-0.4, -0.2) is 86.3 Å². The van der Waals surface area contributed by atoms with Gasteiger partial charge in [0.25, 0.3) is 35.0 Å². The predicted molar refractivity (Wildman–Crippen MR) is 382 cm³/mol. The van der Waals surface area contributed by atoms with Crippen LogP contribution in [0.25, 0.3) is 22.8 Å². The fraction of sp³-hybridized carbons (Fsp3) is 0.360. The fourth-order valence-corrected chi connectivity index (χ4v) is 12.5. The summed E-state index contributed by atoms with van der Waals surface area (Å²) in [5, 5.41) is 21.2. The molecule has 0 unspecified atom stereocenters. The van der Waals surface area contributed by atoms with Crippen LogP contribution in [0.4, 0.5) is 28.4 Å². The third-order valence-electron chi connectivity index (χ3n) is 16.9. The standard InChI is InChI=1S/C38H44N4O4.C30H34Br2N2O2.C6H6N2O2.CH4/c1-5-7-9-11-25-40-35(28-15-13-27(3)14-16-28)33-34(38(40)44)36(41(37(33)43)26-12-10-8-6-2)29-17-19-30(20-18-29)39(4)31-21-23-32(24-22-31)42(45)46;1-3-5-7-9-19-33-27(21-11-15-23(31)16-12-21)25-26(29(33)35)28(22-13-17-24(32)18-14-22)34(30(25)36)20-10-8-6-4-2;7-5-1-3-6(4-2-5)8(9)10;/h13-24H,5-12,25-26H2,1-4H3;11-18H,3-10,19-20H2,1-2H3;1-4H,7H2;1H4. The summed E-state index contributed by atoms with van der Waals surface area (Å²) in [7, 11) is 1.91. The Kier molecular flexibility index (Phi) is 26.6. The molecule has 0 saturated heterocycles. The highest BCUT2D eigenvalue weighted by Crippen LogP contribution is 2.49. The number of halogens is 2. The molecule has 0 spiro atoms. The molecule has 4 aliphatic heterocycles. The second-order valence-corrected chi connectivity index (χ2v) is 25.4. The molecule has 0 bridgehead atoms. The van der Waals surface area contributed by atoms with E-state index in [1.54, 1.807) is 12.1 Å². The monoisotopic (exact) mass is 1390 g/mol. The summed E-state index contributed by atoms with van der Waals surface area (Å²) in [4.78, 5) is 86.5. The molecule has 0 aliphatic carbocycles. The number of rotatable bonds is 28. The average molecular weight is 1390 g/mol. The number of amides is 4.